The van der Waals surface area contributed by atoms with E-state index in [9.17, 15) is 4.79 Å². The summed E-state index contributed by atoms with van der Waals surface area (Å²) in [7, 11) is 0. The minimum absolute atomic E-state index is 0.213. The number of anilines is 2. The smallest absolute Gasteiger partial charge is 0.307 e. The van der Waals surface area contributed by atoms with E-state index in [1.807, 2.05) is 55.5 Å². The second-order valence-corrected chi connectivity index (χ2v) is 4.40. The molecule has 0 saturated heterocycles. The molecule has 0 aliphatic carbocycles. The summed E-state index contributed by atoms with van der Waals surface area (Å²) in [4.78, 5) is 12.0. The van der Waals surface area contributed by atoms with Gasteiger partial charge in [-0.15, -0.1) is 0 Å². The molecule has 3 heteroatoms. The third-order valence-electron chi connectivity index (χ3n) is 3.04. The van der Waals surface area contributed by atoms with Crippen LogP contribution in [0.2, 0.25) is 0 Å². The summed E-state index contributed by atoms with van der Waals surface area (Å²) in [6, 6.07) is 15.3. The van der Waals surface area contributed by atoms with Gasteiger partial charge in [0.15, 0.2) is 0 Å². The van der Waals surface area contributed by atoms with Crippen molar-refractivity contribution in [2.75, 3.05) is 10.6 Å². The van der Waals surface area contributed by atoms with E-state index in [0.717, 1.165) is 28.9 Å². The first-order valence-electron chi connectivity index (χ1n) is 6.42. The number of nitrogens with one attached hydrogen (secondary N) is 2. The number of benzene rings is 2. The maximum atomic E-state index is 12.0. The van der Waals surface area contributed by atoms with Crippen molar-refractivity contribution >= 4 is 17.4 Å². The number of urea groups is 1. The molecule has 0 fully saturated rings. The van der Waals surface area contributed by atoms with Crippen LogP contribution >= 0.6 is 0 Å². The normalized spacial score (nSPS) is 10.0. The zero-order valence-corrected chi connectivity index (χ0v) is 11.2. The van der Waals surface area contributed by atoms with Crippen molar-refractivity contribution in [3.63, 3.8) is 0 Å². The third-order valence-corrected chi connectivity index (χ3v) is 3.04. The standard InChI is InChI=1S/C16H18N2O/c1-3-13-9-5-7-11-15(13)18-16(19)17-14-10-6-4-8-12(14)2/h4-11H,3H2,1-2H3,(H2,17,18,19). The van der Waals surface area contributed by atoms with Crippen LogP contribution < -0.4 is 10.6 Å². The van der Waals surface area contributed by atoms with Gasteiger partial charge in [0.1, 0.15) is 0 Å². The predicted molar refractivity (Wildman–Crippen MR) is 79.6 cm³/mol. The van der Waals surface area contributed by atoms with Crippen LogP contribution in [-0.2, 0) is 6.42 Å². The van der Waals surface area contributed by atoms with Crippen molar-refractivity contribution < 1.29 is 4.79 Å². The van der Waals surface area contributed by atoms with E-state index in [1.54, 1.807) is 0 Å². The fourth-order valence-electron chi connectivity index (χ4n) is 1.94. The monoisotopic (exact) mass is 254 g/mol. The number of hydrogen-bond donors (Lipinski definition) is 2. The summed E-state index contributed by atoms with van der Waals surface area (Å²) in [6.07, 6.45) is 0.890. The summed E-state index contributed by atoms with van der Waals surface area (Å²) >= 11 is 0. The molecule has 0 atom stereocenters. The molecule has 0 bridgehead atoms. The lowest BCUT2D eigenvalue weighted by Gasteiger charge is -2.12. The van der Waals surface area contributed by atoms with E-state index in [4.69, 9.17) is 0 Å². The van der Waals surface area contributed by atoms with Crippen LogP contribution in [0.15, 0.2) is 48.5 Å². The summed E-state index contributed by atoms with van der Waals surface area (Å²) in [5, 5.41) is 5.75. The van der Waals surface area contributed by atoms with Crippen molar-refractivity contribution in [3.8, 4) is 0 Å². The molecule has 2 rings (SSSR count). The highest BCUT2D eigenvalue weighted by Gasteiger charge is 2.06. The average Bonchev–Trinajstić information content (AvgIpc) is 2.42. The van der Waals surface area contributed by atoms with Gasteiger partial charge in [0, 0.05) is 11.4 Å². The number of para-hydroxylation sites is 2. The van der Waals surface area contributed by atoms with Gasteiger partial charge in [0.25, 0.3) is 0 Å². The molecule has 2 N–H and O–H groups in total. The van der Waals surface area contributed by atoms with E-state index in [-0.39, 0.29) is 6.03 Å². The maximum Gasteiger partial charge on any atom is 0.323 e. The van der Waals surface area contributed by atoms with Gasteiger partial charge in [-0.2, -0.15) is 0 Å². The topological polar surface area (TPSA) is 41.1 Å². The lowest BCUT2D eigenvalue weighted by molar-refractivity contribution is 0.262. The molecule has 19 heavy (non-hydrogen) atoms. The average molecular weight is 254 g/mol. The molecule has 0 spiro atoms. The number of hydrogen-bond acceptors (Lipinski definition) is 1. The molecular weight excluding hydrogens is 236 g/mol. The third kappa shape index (κ3) is 3.35. The zero-order chi connectivity index (χ0) is 13.7. The van der Waals surface area contributed by atoms with Crippen molar-refractivity contribution in [2.45, 2.75) is 20.3 Å². The Morgan fingerprint density at radius 1 is 0.947 bits per heavy atom. The van der Waals surface area contributed by atoms with Gasteiger partial charge in [0.2, 0.25) is 0 Å². The summed E-state index contributed by atoms with van der Waals surface area (Å²) in [5.74, 6) is 0. The Kier molecular flexibility index (Phi) is 4.18. The molecule has 0 radical (unpaired) electrons. The number of aryl methyl sites for hydroxylation is 2. The van der Waals surface area contributed by atoms with Crippen LogP contribution in [0, 0.1) is 6.92 Å². The summed E-state index contributed by atoms with van der Waals surface area (Å²) in [6.45, 7) is 4.04. The van der Waals surface area contributed by atoms with E-state index >= 15 is 0 Å². The Balaban J connectivity index is 2.08. The zero-order valence-electron chi connectivity index (χ0n) is 11.2. The molecule has 98 valence electrons. The van der Waals surface area contributed by atoms with Crippen molar-refractivity contribution in [3.05, 3.63) is 59.7 Å². The van der Waals surface area contributed by atoms with Crippen LogP contribution in [0.5, 0.6) is 0 Å². The van der Waals surface area contributed by atoms with Gasteiger partial charge in [-0.3, -0.25) is 0 Å². The Hall–Kier alpha value is -2.29. The highest BCUT2D eigenvalue weighted by Crippen LogP contribution is 2.17. The van der Waals surface area contributed by atoms with E-state index < -0.39 is 0 Å². The van der Waals surface area contributed by atoms with Crippen LogP contribution in [0.1, 0.15) is 18.1 Å². The summed E-state index contributed by atoms with van der Waals surface area (Å²) in [5.41, 5.74) is 3.86. The SMILES string of the molecule is CCc1ccccc1NC(=O)Nc1ccccc1C. The molecule has 0 aliphatic heterocycles. The molecule has 0 saturated carbocycles. The molecule has 0 unspecified atom stereocenters. The maximum absolute atomic E-state index is 12.0. The Morgan fingerprint density at radius 2 is 1.53 bits per heavy atom. The van der Waals surface area contributed by atoms with Crippen molar-refractivity contribution in [2.24, 2.45) is 0 Å². The van der Waals surface area contributed by atoms with E-state index in [2.05, 4.69) is 17.6 Å². The van der Waals surface area contributed by atoms with Crippen LogP contribution in [-0.4, -0.2) is 6.03 Å². The Bertz CT molecular complexity index is 578. The predicted octanol–water partition coefficient (Wildman–Crippen LogP) is 4.20. The number of amides is 2. The Labute approximate surface area is 113 Å². The molecule has 0 aromatic heterocycles. The van der Waals surface area contributed by atoms with Gasteiger partial charge >= 0.3 is 6.03 Å². The largest absolute Gasteiger partial charge is 0.323 e. The fourth-order valence-corrected chi connectivity index (χ4v) is 1.94. The summed E-state index contributed by atoms with van der Waals surface area (Å²) < 4.78 is 0. The molecule has 0 heterocycles. The fraction of sp³-hybridized carbons (Fsp3) is 0.188. The van der Waals surface area contributed by atoms with Gasteiger partial charge in [0.05, 0.1) is 0 Å². The highest BCUT2D eigenvalue weighted by molar-refractivity contribution is 6.00. The molecular formula is C16H18N2O. The first-order valence-corrected chi connectivity index (χ1v) is 6.42. The molecule has 2 aromatic rings. The van der Waals surface area contributed by atoms with Gasteiger partial charge in [-0.25, -0.2) is 4.79 Å². The highest BCUT2D eigenvalue weighted by atomic mass is 16.2. The molecule has 3 nitrogen and oxygen atoms in total. The minimum Gasteiger partial charge on any atom is -0.307 e. The number of carbonyl (C=O) groups is 1. The Morgan fingerprint density at radius 3 is 2.21 bits per heavy atom. The van der Waals surface area contributed by atoms with Gasteiger partial charge in [-0.1, -0.05) is 43.3 Å². The second-order valence-electron chi connectivity index (χ2n) is 4.40. The van der Waals surface area contributed by atoms with E-state index in [0.29, 0.717) is 0 Å². The van der Waals surface area contributed by atoms with E-state index in [1.165, 1.54) is 0 Å². The lowest BCUT2D eigenvalue weighted by atomic mass is 10.1. The van der Waals surface area contributed by atoms with Gasteiger partial charge in [-0.05, 0) is 36.6 Å². The molecule has 2 aromatic carbocycles. The lowest BCUT2D eigenvalue weighted by Crippen LogP contribution is -2.20. The number of rotatable bonds is 3. The van der Waals surface area contributed by atoms with Crippen LogP contribution in [0.3, 0.4) is 0 Å². The first kappa shape index (κ1) is 13.1. The van der Waals surface area contributed by atoms with Gasteiger partial charge < -0.3 is 10.6 Å². The first-order chi connectivity index (χ1) is 9.20. The molecule has 2 amide bonds. The van der Waals surface area contributed by atoms with Crippen LogP contribution in [0.25, 0.3) is 0 Å². The van der Waals surface area contributed by atoms with Crippen molar-refractivity contribution in [1.82, 2.24) is 0 Å². The molecule has 0 aliphatic rings. The van der Waals surface area contributed by atoms with Crippen molar-refractivity contribution in [1.29, 1.82) is 0 Å². The quantitative estimate of drug-likeness (QED) is 0.846. The number of carbonyl (C=O) groups excluding carboxylic acids is 1. The minimum atomic E-state index is -0.213. The second kappa shape index (κ2) is 6.05. The van der Waals surface area contributed by atoms with Crippen LogP contribution in [0.4, 0.5) is 16.2 Å².